The van der Waals surface area contributed by atoms with Gasteiger partial charge >= 0.3 is 6.03 Å². The van der Waals surface area contributed by atoms with Crippen LogP contribution >= 0.6 is 11.3 Å². The third kappa shape index (κ3) is 4.82. The molecule has 1 aromatic heterocycles. The number of thiazole rings is 1. The monoisotopic (exact) mass is 388 g/mol. The Kier molecular flexibility index (Phi) is 6.02. The van der Waals surface area contributed by atoms with Crippen LogP contribution in [0.4, 0.5) is 4.79 Å². The van der Waals surface area contributed by atoms with E-state index in [2.05, 4.69) is 15.6 Å². The van der Waals surface area contributed by atoms with Crippen molar-refractivity contribution >= 4 is 29.2 Å². The molecule has 1 aliphatic heterocycles. The Morgan fingerprint density at radius 1 is 1.33 bits per heavy atom. The first-order valence-corrected chi connectivity index (χ1v) is 9.34. The quantitative estimate of drug-likeness (QED) is 0.665. The van der Waals surface area contributed by atoms with Gasteiger partial charge in [-0.2, -0.15) is 0 Å². The molecule has 2 N–H and O–H groups in total. The number of hydrogen-bond acceptors (Lipinski definition) is 6. The lowest BCUT2D eigenvalue weighted by molar-refractivity contribution is -0.131. The Morgan fingerprint density at radius 2 is 2.11 bits per heavy atom. The molecule has 8 nitrogen and oxygen atoms in total. The van der Waals surface area contributed by atoms with Gasteiger partial charge in [-0.15, -0.1) is 11.3 Å². The van der Waals surface area contributed by atoms with Crippen LogP contribution in [0.25, 0.3) is 0 Å². The van der Waals surface area contributed by atoms with Crippen LogP contribution in [0, 0.1) is 0 Å². The summed E-state index contributed by atoms with van der Waals surface area (Å²) in [5.41, 5.74) is 0.799. The zero-order valence-electron chi connectivity index (χ0n) is 14.8. The van der Waals surface area contributed by atoms with Crippen molar-refractivity contribution in [3.05, 3.63) is 46.4 Å². The smallest absolute Gasteiger partial charge is 0.325 e. The third-order valence-corrected chi connectivity index (χ3v) is 4.98. The number of benzene rings is 1. The standard InChI is InChI=1S/C18H20N4O4S/c1-26-13-4-2-12(3-5-13)11-22-17(24)14(21-18(22)25)10-15(23)19-7-6-16-20-8-9-27-16/h2-5,8-9,14H,6-7,10-11H2,1H3,(H,19,23)(H,21,25)/t14-/m0/s1. The molecule has 0 saturated carbocycles. The van der Waals surface area contributed by atoms with Gasteiger partial charge in [0.25, 0.3) is 5.91 Å². The molecule has 27 heavy (non-hydrogen) atoms. The highest BCUT2D eigenvalue weighted by Gasteiger charge is 2.38. The van der Waals surface area contributed by atoms with E-state index in [0.29, 0.717) is 18.7 Å². The van der Waals surface area contributed by atoms with Gasteiger partial charge in [-0.3, -0.25) is 14.5 Å². The lowest BCUT2D eigenvalue weighted by atomic mass is 10.1. The Hall–Kier alpha value is -2.94. The SMILES string of the molecule is COc1ccc(CN2C(=O)N[C@@H](CC(=O)NCCc3nccs3)C2=O)cc1. The van der Waals surface area contributed by atoms with Crippen LogP contribution in [0.1, 0.15) is 17.0 Å². The largest absolute Gasteiger partial charge is 0.497 e. The molecule has 0 unspecified atom stereocenters. The van der Waals surface area contributed by atoms with Gasteiger partial charge in [0, 0.05) is 24.5 Å². The van der Waals surface area contributed by atoms with Crippen LogP contribution in [0.5, 0.6) is 5.75 Å². The second-order valence-electron chi connectivity index (χ2n) is 6.00. The first-order chi connectivity index (χ1) is 13.1. The van der Waals surface area contributed by atoms with E-state index >= 15 is 0 Å². The minimum absolute atomic E-state index is 0.0818. The fourth-order valence-electron chi connectivity index (χ4n) is 2.72. The fourth-order valence-corrected chi connectivity index (χ4v) is 3.34. The van der Waals surface area contributed by atoms with Gasteiger partial charge in [0.15, 0.2) is 0 Å². The van der Waals surface area contributed by atoms with E-state index in [-0.39, 0.29) is 18.9 Å². The molecule has 142 valence electrons. The summed E-state index contributed by atoms with van der Waals surface area (Å²) >= 11 is 1.52. The molecule has 3 rings (SSSR count). The average Bonchev–Trinajstić information content (AvgIpc) is 3.26. The Balaban J connectivity index is 1.49. The van der Waals surface area contributed by atoms with E-state index in [1.54, 1.807) is 37.6 Å². The number of imide groups is 1. The van der Waals surface area contributed by atoms with E-state index in [4.69, 9.17) is 4.74 Å². The van der Waals surface area contributed by atoms with Crippen molar-refractivity contribution < 1.29 is 19.1 Å². The number of carbonyl (C=O) groups is 3. The van der Waals surface area contributed by atoms with Gasteiger partial charge in [0.2, 0.25) is 5.91 Å². The summed E-state index contributed by atoms with van der Waals surface area (Å²) < 4.78 is 5.09. The number of urea groups is 1. The molecule has 2 aromatic rings. The van der Waals surface area contributed by atoms with Gasteiger partial charge in [0.1, 0.15) is 11.8 Å². The highest BCUT2D eigenvalue weighted by atomic mass is 32.1. The van der Waals surface area contributed by atoms with Crippen LogP contribution in [0.3, 0.4) is 0 Å². The average molecular weight is 388 g/mol. The maximum absolute atomic E-state index is 12.5. The van der Waals surface area contributed by atoms with Crippen molar-refractivity contribution in [2.75, 3.05) is 13.7 Å². The maximum atomic E-state index is 12.5. The normalized spacial score (nSPS) is 16.3. The van der Waals surface area contributed by atoms with Crippen molar-refractivity contribution in [1.29, 1.82) is 0 Å². The summed E-state index contributed by atoms with van der Waals surface area (Å²) in [7, 11) is 1.57. The van der Waals surface area contributed by atoms with E-state index in [1.807, 2.05) is 5.38 Å². The molecular weight excluding hydrogens is 368 g/mol. The summed E-state index contributed by atoms with van der Waals surface area (Å²) in [5.74, 6) is 0.0191. The van der Waals surface area contributed by atoms with Gasteiger partial charge in [-0.1, -0.05) is 12.1 Å². The molecule has 2 heterocycles. The van der Waals surface area contributed by atoms with Crippen LogP contribution in [-0.2, 0) is 22.6 Å². The predicted octanol–water partition coefficient (Wildman–Crippen LogP) is 1.32. The first kappa shape index (κ1) is 18.8. The third-order valence-electron chi connectivity index (χ3n) is 4.14. The van der Waals surface area contributed by atoms with Crippen molar-refractivity contribution in [1.82, 2.24) is 20.5 Å². The summed E-state index contributed by atoms with van der Waals surface area (Å²) in [6.07, 6.45) is 2.27. The second-order valence-corrected chi connectivity index (χ2v) is 6.98. The number of amides is 4. The van der Waals surface area contributed by atoms with Gasteiger partial charge in [0.05, 0.1) is 25.1 Å². The van der Waals surface area contributed by atoms with Crippen molar-refractivity contribution in [3.63, 3.8) is 0 Å². The van der Waals surface area contributed by atoms with Crippen LogP contribution in [0.15, 0.2) is 35.8 Å². The fraction of sp³-hybridized carbons (Fsp3) is 0.333. The molecule has 0 bridgehead atoms. The molecule has 1 fully saturated rings. The number of rotatable bonds is 8. The van der Waals surface area contributed by atoms with Gasteiger partial charge < -0.3 is 15.4 Å². The summed E-state index contributed by atoms with van der Waals surface area (Å²) in [6.45, 7) is 0.591. The molecule has 4 amide bonds. The highest BCUT2D eigenvalue weighted by Crippen LogP contribution is 2.17. The Morgan fingerprint density at radius 3 is 2.78 bits per heavy atom. The van der Waals surface area contributed by atoms with Crippen molar-refractivity contribution in [2.24, 2.45) is 0 Å². The number of methoxy groups -OCH3 is 1. The lowest BCUT2D eigenvalue weighted by Crippen LogP contribution is -2.37. The molecule has 1 aromatic carbocycles. The van der Waals surface area contributed by atoms with Crippen LogP contribution in [0.2, 0.25) is 0 Å². The number of aromatic nitrogens is 1. The molecule has 1 aliphatic rings. The van der Waals surface area contributed by atoms with E-state index < -0.39 is 18.0 Å². The number of nitrogens with zero attached hydrogens (tertiary/aromatic N) is 2. The number of ether oxygens (including phenoxy) is 1. The van der Waals surface area contributed by atoms with E-state index in [9.17, 15) is 14.4 Å². The number of carbonyl (C=O) groups excluding carboxylic acids is 3. The molecule has 0 radical (unpaired) electrons. The van der Waals surface area contributed by atoms with Crippen LogP contribution < -0.4 is 15.4 Å². The van der Waals surface area contributed by atoms with E-state index in [1.165, 1.54) is 11.3 Å². The zero-order valence-corrected chi connectivity index (χ0v) is 15.6. The van der Waals surface area contributed by atoms with Crippen molar-refractivity contribution in [3.8, 4) is 5.75 Å². The maximum Gasteiger partial charge on any atom is 0.325 e. The summed E-state index contributed by atoms with van der Waals surface area (Å²) in [4.78, 5) is 41.9. The first-order valence-electron chi connectivity index (χ1n) is 8.46. The van der Waals surface area contributed by atoms with Gasteiger partial charge in [-0.05, 0) is 17.7 Å². The van der Waals surface area contributed by atoms with E-state index in [0.717, 1.165) is 15.5 Å². The second kappa shape index (κ2) is 8.63. The predicted molar refractivity (Wildman–Crippen MR) is 99.3 cm³/mol. The minimum Gasteiger partial charge on any atom is -0.497 e. The van der Waals surface area contributed by atoms with Crippen molar-refractivity contribution in [2.45, 2.75) is 25.4 Å². The summed E-state index contributed by atoms with van der Waals surface area (Å²) in [5, 5.41) is 8.14. The molecule has 0 aliphatic carbocycles. The van der Waals surface area contributed by atoms with Gasteiger partial charge in [-0.25, -0.2) is 9.78 Å². The topological polar surface area (TPSA) is 101 Å². The molecule has 0 spiro atoms. The lowest BCUT2D eigenvalue weighted by Gasteiger charge is -2.13. The summed E-state index contributed by atoms with van der Waals surface area (Å²) in [6, 6.07) is 5.78. The molecule has 9 heteroatoms. The molecular formula is C18H20N4O4S. The Bertz CT molecular complexity index is 807. The molecule has 1 saturated heterocycles. The number of hydrogen-bond donors (Lipinski definition) is 2. The highest BCUT2D eigenvalue weighted by molar-refractivity contribution is 7.09. The minimum atomic E-state index is -0.837. The van der Waals surface area contributed by atoms with Crippen LogP contribution in [-0.4, -0.2) is 47.4 Å². The Labute approximate surface area is 160 Å². The number of nitrogens with one attached hydrogen (secondary N) is 2. The molecule has 1 atom stereocenters. The zero-order chi connectivity index (χ0) is 19.2.